The molecule has 0 saturated carbocycles. The minimum atomic E-state index is 0.620. The highest BCUT2D eigenvalue weighted by atomic mass is 79.9. The number of anilines is 1. The van der Waals surface area contributed by atoms with E-state index >= 15 is 0 Å². The summed E-state index contributed by atoms with van der Waals surface area (Å²) in [6.45, 7) is 2.54. The first-order valence-electron chi connectivity index (χ1n) is 5.11. The first kappa shape index (κ1) is 12.4. The number of aryl methyl sites for hydroxylation is 1. The summed E-state index contributed by atoms with van der Waals surface area (Å²) < 4.78 is 2.84. The Labute approximate surface area is 113 Å². The number of rotatable bonds is 3. The van der Waals surface area contributed by atoms with Crippen LogP contribution in [0.3, 0.4) is 0 Å². The SMILES string of the molecule is Cc1nnc(CNc2ccc(Br)c(Cl)c2)n1C. The molecule has 0 atom stereocenters. The molecule has 1 aromatic heterocycles. The van der Waals surface area contributed by atoms with Crippen LogP contribution in [-0.2, 0) is 13.6 Å². The van der Waals surface area contributed by atoms with Crippen LogP contribution in [0.5, 0.6) is 0 Å². The van der Waals surface area contributed by atoms with Gasteiger partial charge in [0, 0.05) is 17.2 Å². The molecule has 6 heteroatoms. The van der Waals surface area contributed by atoms with Gasteiger partial charge in [-0.1, -0.05) is 11.6 Å². The highest BCUT2D eigenvalue weighted by Gasteiger charge is 2.05. The molecule has 0 bridgehead atoms. The van der Waals surface area contributed by atoms with Gasteiger partial charge in [0.25, 0.3) is 0 Å². The fourth-order valence-corrected chi connectivity index (χ4v) is 1.82. The lowest BCUT2D eigenvalue weighted by atomic mass is 10.3. The first-order valence-corrected chi connectivity index (χ1v) is 6.29. The van der Waals surface area contributed by atoms with Crippen molar-refractivity contribution in [2.24, 2.45) is 7.05 Å². The fourth-order valence-electron chi connectivity index (χ4n) is 1.39. The van der Waals surface area contributed by atoms with E-state index in [2.05, 4.69) is 31.4 Å². The van der Waals surface area contributed by atoms with Crippen molar-refractivity contribution in [2.75, 3.05) is 5.32 Å². The van der Waals surface area contributed by atoms with Gasteiger partial charge in [0.15, 0.2) is 5.82 Å². The zero-order chi connectivity index (χ0) is 12.4. The lowest BCUT2D eigenvalue weighted by Gasteiger charge is -2.07. The van der Waals surface area contributed by atoms with Gasteiger partial charge in [-0.2, -0.15) is 0 Å². The molecule has 0 radical (unpaired) electrons. The third-order valence-corrected chi connectivity index (χ3v) is 3.79. The van der Waals surface area contributed by atoms with E-state index in [9.17, 15) is 0 Å². The average Bonchev–Trinajstić information content (AvgIpc) is 2.62. The topological polar surface area (TPSA) is 42.7 Å². The minimum absolute atomic E-state index is 0.620. The Bertz CT molecular complexity index is 538. The number of aromatic nitrogens is 3. The summed E-state index contributed by atoms with van der Waals surface area (Å²) in [5.41, 5.74) is 0.957. The van der Waals surface area contributed by atoms with Crippen LogP contribution in [0.25, 0.3) is 0 Å². The number of nitrogens with zero attached hydrogens (tertiary/aromatic N) is 3. The zero-order valence-corrected chi connectivity index (χ0v) is 11.9. The number of benzene rings is 1. The fraction of sp³-hybridized carbons (Fsp3) is 0.273. The third kappa shape index (κ3) is 2.79. The van der Waals surface area contributed by atoms with Crippen LogP contribution in [0.2, 0.25) is 5.02 Å². The lowest BCUT2D eigenvalue weighted by molar-refractivity contribution is 0.789. The second-order valence-corrected chi connectivity index (χ2v) is 4.97. The molecule has 90 valence electrons. The predicted molar refractivity (Wildman–Crippen MR) is 72.2 cm³/mol. The van der Waals surface area contributed by atoms with Gasteiger partial charge in [-0.25, -0.2) is 0 Å². The van der Waals surface area contributed by atoms with Crippen molar-refractivity contribution in [3.63, 3.8) is 0 Å². The van der Waals surface area contributed by atoms with Gasteiger partial charge in [0.05, 0.1) is 11.6 Å². The van der Waals surface area contributed by atoms with Gasteiger partial charge < -0.3 is 9.88 Å². The van der Waals surface area contributed by atoms with Gasteiger partial charge >= 0.3 is 0 Å². The van der Waals surface area contributed by atoms with Gasteiger partial charge in [-0.3, -0.25) is 0 Å². The molecule has 1 N–H and O–H groups in total. The van der Waals surface area contributed by atoms with E-state index in [1.54, 1.807) is 0 Å². The maximum atomic E-state index is 6.01. The van der Waals surface area contributed by atoms with Crippen LogP contribution in [-0.4, -0.2) is 14.8 Å². The second-order valence-electron chi connectivity index (χ2n) is 3.70. The standard InChI is InChI=1S/C11H12BrClN4/c1-7-15-16-11(17(7)2)6-14-8-3-4-9(12)10(13)5-8/h3-5,14H,6H2,1-2H3. The molecule has 1 aromatic carbocycles. The summed E-state index contributed by atoms with van der Waals surface area (Å²) in [6.07, 6.45) is 0. The molecule has 0 fully saturated rings. The van der Waals surface area contributed by atoms with Crippen molar-refractivity contribution in [2.45, 2.75) is 13.5 Å². The molecule has 0 aliphatic rings. The zero-order valence-electron chi connectivity index (χ0n) is 9.54. The van der Waals surface area contributed by atoms with Gasteiger partial charge in [-0.15, -0.1) is 10.2 Å². The van der Waals surface area contributed by atoms with Crippen LogP contribution >= 0.6 is 27.5 Å². The highest BCUT2D eigenvalue weighted by molar-refractivity contribution is 9.10. The average molecular weight is 316 g/mol. The summed E-state index contributed by atoms with van der Waals surface area (Å²) in [5.74, 6) is 1.79. The summed E-state index contributed by atoms with van der Waals surface area (Å²) in [7, 11) is 1.95. The molecule has 2 rings (SSSR count). The smallest absolute Gasteiger partial charge is 0.152 e. The quantitative estimate of drug-likeness (QED) is 0.946. The predicted octanol–water partition coefficient (Wildman–Crippen LogP) is 3.15. The molecule has 0 aliphatic carbocycles. The molecule has 0 spiro atoms. The molecule has 0 amide bonds. The Kier molecular flexibility index (Phi) is 3.69. The van der Waals surface area contributed by atoms with Gasteiger partial charge in [0.1, 0.15) is 5.82 Å². The molecular formula is C11H12BrClN4. The van der Waals surface area contributed by atoms with E-state index in [-0.39, 0.29) is 0 Å². The second kappa shape index (κ2) is 5.06. The number of hydrogen-bond donors (Lipinski definition) is 1. The van der Waals surface area contributed by atoms with Crippen molar-refractivity contribution < 1.29 is 0 Å². The first-order chi connectivity index (χ1) is 8.08. The summed E-state index contributed by atoms with van der Waals surface area (Å²) in [6, 6.07) is 5.74. The normalized spacial score (nSPS) is 10.6. The largest absolute Gasteiger partial charge is 0.378 e. The van der Waals surface area contributed by atoms with Crippen molar-refractivity contribution >= 4 is 33.2 Å². The van der Waals surface area contributed by atoms with Crippen molar-refractivity contribution in [1.82, 2.24) is 14.8 Å². The van der Waals surface area contributed by atoms with E-state index in [0.717, 1.165) is 21.8 Å². The number of halogens is 2. The van der Waals surface area contributed by atoms with Crippen molar-refractivity contribution in [3.8, 4) is 0 Å². The monoisotopic (exact) mass is 314 g/mol. The number of hydrogen-bond acceptors (Lipinski definition) is 3. The Morgan fingerprint density at radius 3 is 2.76 bits per heavy atom. The van der Waals surface area contributed by atoms with E-state index in [0.29, 0.717) is 11.6 Å². The third-order valence-electron chi connectivity index (χ3n) is 2.55. The molecule has 2 aromatic rings. The van der Waals surface area contributed by atoms with Crippen LogP contribution < -0.4 is 5.32 Å². The summed E-state index contributed by atoms with van der Waals surface area (Å²) in [4.78, 5) is 0. The maximum absolute atomic E-state index is 6.01. The van der Waals surface area contributed by atoms with E-state index in [1.807, 2.05) is 36.7 Å². The summed E-state index contributed by atoms with van der Waals surface area (Å²) >= 11 is 9.37. The molecule has 1 heterocycles. The molecule has 17 heavy (non-hydrogen) atoms. The minimum Gasteiger partial charge on any atom is -0.378 e. The molecule has 0 unspecified atom stereocenters. The Morgan fingerprint density at radius 1 is 1.41 bits per heavy atom. The van der Waals surface area contributed by atoms with Crippen LogP contribution in [0, 0.1) is 6.92 Å². The Hall–Kier alpha value is -1.07. The van der Waals surface area contributed by atoms with E-state index in [4.69, 9.17) is 11.6 Å². The molecular weight excluding hydrogens is 304 g/mol. The van der Waals surface area contributed by atoms with Crippen LogP contribution in [0.1, 0.15) is 11.6 Å². The lowest BCUT2D eigenvalue weighted by Crippen LogP contribution is -2.06. The van der Waals surface area contributed by atoms with E-state index < -0.39 is 0 Å². The van der Waals surface area contributed by atoms with Crippen LogP contribution in [0.15, 0.2) is 22.7 Å². The van der Waals surface area contributed by atoms with Gasteiger partial charge in [0.2, 0.25) is 0 Å². The highest BCUT2D eigenvalue weighted by Crippen LogP contribution is 2.25. The molecule has 0 saturated heterocycles. The Morgan fingerprint density at radius 2 is 2.18 bits per heavy atom. The molecule has 0 aliphatic heterocycles. The van der Waals surface area contributed by atoms with Crippen LogP contribution in [0.4, 0.5) is 5.69 Å². The Balaban J connectivity index is 2.07. The van der Waals surface area contributed by atoms with E-state index in [1.165, 1.54) is 0 Å². The van der Waals surface area contributed by atoms with Crippen molar-refractivity contribution in [3.05, 3.63) is 39.3 Å². The van der Waals surface area contributed by atoms with Crippen molar-refractivity contribution in [1.29, 1.82) is 0 Å². The number of nitrogens with one attached hydrogen (secondary N) is 1. The molecule has 4 nitrogen and oxygen atoms in total. The van der Waals surface area contributed by atoms with Gasteiger partial charge in [-0.05, 0) is 41.1 Å². The maximum Gasteiger partial charge on any atom is 0.152 e. The summed E-state index contributed by atoms with van der Waals surface area (Å²) in [5, 5.41) is 12.0.